The van der Waals surface area contributed by atoms with E-state index in [4.69, 9.17) is 11.6 Å². The standard InChI is InChI=1S/C10H10ClN/c1-2-10(11)12-8-9-6-4-3-5-7-9/h2-8H,1H3/b10-2-,12-8+. The van der Waals surface area contributed by atoms with E-state index in [9.17, 15) is 0 Å². The molecule has 0 saturated heterocycles. The van der Waals surface area contributed by atoms with Crippen LogP contribution in [0.15, 0.2) is 46.6 Å². The van der Waals surface area contributed by atoms with Crippen LogP contribution in [-0.4, -0.2) is 6.21 Å². The van der Waals surface area contributed by atoms with Crippen molar-refractivity contribution in [2.75, 3.05) is 0 Å². The molecule has 0 aliphatic heterocycles. The highest BCUT2D eigenvalue weighted by atomic mass is 35.5. The van der Waals surface area contributed by atoms with Gasteiger partial charge in [-0.25, -0.2) is 4.99 Å². The van der Waals surface area contributed by atoms with Crippen molar-refractivity contribution in [2.45, 2.75) is 6.92 Å². The molecule has 1 nitrogen and oxygen atoms in total. The SMILES string of the molecule is C/C=C(Cl)\N=C\c1ccccc1. The van der Waals surface area contributed by atoms with E-state index < -0.39 is 0 Å². The predicted octanol–water partition coefficient (Wildman–Crippen LogP) is 3.21. The van der Waals surface area contributed by atoms with Crippen LogP contribution < -0.4 is 0 Å². The molecule has 0 aliphatic rings. The molecule has 1 rings (SSSR count). The molecule has 0 unspecified atom stereocenters. The molecular formula is C10H10ClN. The highest BCUT2D eigenvalue weighted by molar-refractivity contribution is 6.29. The van der Waals surface area contributed by atoms with Crippen molar-refractivity contribution in [2.24, 2.45) is 4.99 Å². The van der Waals surface area contributed by atoms with E-state index in [2.05, 4.69) is 4.99 Å². The molecule has 0 saturated carbocycles. The summed E-state index contributed by atoms with van der Waals surface area (Å²) in [5.74, 6) is 0. The second-order valence-electron chi connectivity index (χ2n) is 2.28. The van der Waals surface area contributed by atoms with Crippen molar-refractivity contribution < 1.29 is 0 Å². The number of aliphatic imine (C=N–C) groups is 1. The zero-order valence-electron chi connectivity index (χ0n) is 6.87. The lowest BCUT2D eigenvalue weighted by molar-refractivity contribution is 1.48. The van der Waals surface area contributed by atoms with Crippen LogP contribution in [0.1, 0.15) is 12.5 Å². The van der Waals surface area contributed by atoms with Crippen LogP contribution in [0.4, 0.5) is 0 Å². The van der Waals surface area contributed by atoms with Crippen LogP contribution in [0, 0.1) is 0 Å². The molecule has 0 amide bonds. The topological polar surface area (TPSA) is 12.4 Å². The Labute approximate surface area is 77.4 Å². The first-order valence-corrected chi connectivity index (χ1v) is 4.11. The smallest absolute Gasteiger partial charge is 0.124 e. The van der Waals surface area contributed by atoms with Gasteiger partial charge in [0.05, 0.1) is 0 Å². The zero-order valence-corrected chi connectivity index (χ0v) is 7.62. The molecule has 12 heavy (non-hydrogen) atoms. The summed E-state index contributed by atoms with van der Waals surface area (Å²) in [7, 11) is 0. The molecule has 62 valence electrons. The molecule has 0 aromatic heterocycles. The second kappa shape index (κ2) is 4.73. The van der Waals surface area contributed by atoms with E-state index in [0.29, 0.717) is 5.16 Å². The van der Waals surface area contributed by atoms with Crippen molar-refractivity contribution in [3.63, 3.8) is 0 Å². The minimum absolute atomic E-state index is 0.513. The summed E-state index contributed by atoms with van der Waals surface area (Å²) in [6.45, 7) is 1.85. The highest BCUT2D eigenvalue weighted by Gasteiger charge is 1.84. The third kappa shape index (κ3) is 2.89. The molecule has 0 atom stereocenters. The maximum absolute atomic E-state index is 5.68. The van der Waals surface area contributed by atoms with Crippen molar-refractivity contribution in [3.05, 3.63) is 47.1 Å². The summed E-state index contributed by atoms with van der Waals surface area (Å²) < 4.78 is 0. The molecule has 0 heterocycles. The van der Waals surface area contributed by atoms with Crippen LogP contribution in [0.2, 0.25) is 0 Å². The molecule has 0 bridgehead atoms. The Morgan fingerprint density at radius 1 is 1.33 bits per heavy atom. The highest BCUT2D eigenvalue weighted by Crippen LogP contribution is 2.02. The first kappa shape index (κ1) is 9.01. The molecule has 1 aromatic carbocycles. The minimum Gasteiger partial charge on any atom is -0.244 e. The Balaban J connectivity index is 2.70. The molecule has 2 heteroatoms. The van der Waals surface area contributed by atoms with Gasteiger partial charge < -0.3 is 0 Å². The first-order chi connectivity index (χ1) is 5.83. The maximum Gasteiger partial charge on any atom is 0.124 e. The van der Waals surface area contributed by atoms with E-state index in [-0.39, 0.29) is 0 Å². The average molecular weight is 180 g/mol. The normalized spacial score (nSPS) is 12.3. The monoisotopic (exact) mass is 179 g/mol. The Hall–Kier alpha value is -1.08. The quantitative estimate of drug-likeness (QED) is 0.489. The summed E-state index contributed by atoms with van der Waals surface area (Å²) >= 11 is 5.68. The number of hydrogen-bond acceptors (Lipinski definition) is 1. The van der Waals surface area contributed by atoms with Gasteiger partial charge in [-0.3, -0.25) is 0 Å². The van der Waals surface area contributed by atoms with Gasteiger partial charge in [0.15, 0.2) is 0 Å². The van der Waals surface area contributed by atoms with Crippen molar-refractivity contribution >= 4 is 17.8 Å². The zero-order chi connectivity index (χ0) is 8.81. The molecule has 0 spiro atoms. The second-order valence-corrected chi connectivity index (χ2v) is 2.67. The number of benzene rings is 1. The van der Waals surface area contributed by atoms with Gasteiger partial charge in [0, 0.05) is 6.21 Å². The van der Waals surface area contributed by atoms with Crippen LogP contribution in [0.3, 0.4) is 0 Å². The van der Waals surface area contributed by atoms with E-state index in [1.165, 1.54) is 0 Å². The van der Waals surface area contributed by atoms with E-state index >= 15 is 0 Å². The Morgan fingerprint density at radius 2 is 2.00 bits per heavy atom. The van der Waals surface area contributed by atoms with Crippen LogP contribution >= 0.6 is 11.6 Å². The molecule has 0 N–H and O–H groups in total. The van der Waals surface area contributed by atoms with Crippen molar-refractivity contribution in [1.82, 2.24) is 0 Å². The van der Waals surface area contributed by atoms with Crippen LogP contribution in [0.25, 0.3) is 0 Å². The molecular weight excluding hydrogens is 170 g/mol. The Kier molecular flexibility index (Phi) is 3.55. The van der Waals surface area contributed by atoms with E-state index in [1.807, 2.05) is 37.3 Å². The number of nitrogens with zero attached hydrogens (tertiary/aromatic N) is 1. The fraction of sp³-hybridized carbons (Fsp3) is 0.100. The fourth-order valence-corrected chi connectivity index (χ4v) is 0.799. The molecule has 0 fully saturated rings. The number of halogens is 1. The molecule has 0 radical (unpaired) electrons. The third-order valence-electron chi connectivity index (χ3n) is 1.37. The van der Waals surface area contributed by atoms with Crippen LogP contribution in [0.5, 0.6) is 0 Å². The number of hydrogen-bond donors (Lipinski definition) is 0. The summed E-state index contributed by atoms with van der Waals surface area (Å²) in [6, 6.07) is 9.84. The fourth-order valence-electron chi connectivity index (χ4n) is 0.750. The van der Waals surface area contributed by atoms with Crippen molar-refractivity contribution in [1.29, 1.82) is 0 Å². The molecule has 0 aliphatic carbocycles. The van der Waals surface area contributed by atoms with Gasteiger partial charge in [-0.15, -0.1) is 0 Å². The lowest BCUT2D eigenvalue weighted by atomic mass is 10.2. The van der Waals surface area contributed by atoms with Gasteiger partial charge in [-0.1, -0.05) is 48.0 Å². The van der Waals surface area contributed by atoms with E-state index in [1.54, 1.807) is 12.3 Å². The summed E-state index contributed by atoms with van der Waals surface area (Å²) in [5.41, 5.74) is 1.05. The predicted molar refractivity (Wildman–Crippen MR) is 53.6 cm³/mol. The van der Waals surface area contributed by atoms with Gasteiger partial charge in [0.1, 0.15) is 5.16 Å². The first-order valence-electron chi connectivity index (χ1n) is 3.74. The van der Waals surface area contributed by atoms with E-state index in [0.717, 1.165) is 5.56 Å². The average Bonchev–Trinajstić information content (AvgIpc) is 2.16. The lowest BCUT2D eigenvalue weighted by Crippen LogP contribution is -1.77. The van der Waals surface area contributed by atoms with Gasteiger partial charge in [0.2, 0.25) is 0 Å². The summed E-state index contributed by atoms with van der Waals surface area (Å²) in [5, 5.41) is 0.513. The lowest BCUT2D eigenvalue weighted by Gasteiger charge is -1.89. The van der Waals surface area contributed by atoms with Gasteiger partial charge >= 0.3 is 0 Å². The largest absolute Gasteiger partial charge is 0.244 e. The summed E-state index contributed by atoms with van der Waals surface area (Å²) in [4.78, 5) is 4.01. The van der Waals surface area contributed by atoms with Crippen LogP contribution in [-0.2, 0) is 0 Å². The molecule has 1 aromatic rings. The minimum atomic E-state index is 0.513. The Morgan fingerprint density at radius 3 is 2.58 bits per heavy atom. The van der Waals surface area contributed by atoms with Gasteiger partial charge in [-0.2, -0.15) is 0 Å². The number of allylic oxidation sites excluding steroid dienone is 1. The third-order valence-corrected chi connectivity index (χ3v) is 1.69. The van der Waals surface area contributed by atoms with Crippen molar-refractivity contribution in [3.8, 4) is 0 Å². The van der Waals surface area contributed by atoms with Gasteiger partial charge in [-0.05, 0) is 12.5 Å². The van der Waals surface area contributed by atoms with Gasteiger partial charge in [0.25, 0.3) is 0 Å². The summed E-state index contributed by atoms with van der Waals surface area (Å²) in [6.07, 6.45) is 3.49. The number of rotatable bonds is 2. The maximum atomic E-state index is 5.68. The Bertz CT molecular complexity index is 288.